The van der Waals surface area contributed by atoms with Crippen molar-refractivity contribution in [2.75, 3.05) is 19.8 Å². The number of hydrogen-bond donors (Lipinski definition) is 0. The Morgan fingerprint density at radius 2 is 0.783 bits per heavy atom. The summed E-state index contributed by atoms with van der Waals surface area (Å²) in [4.78, 5) is 25.3. The van der Waals surface area contributed by atoms with Crippen LogP contribution in [0, 0.1) is 0 Å². The summed E-state index contributed by atoms with van der Waals surface area (Å²) in [6.45, 7) is 7.57. The third kappa shape index (κ3) is 47.8. The second kappa shape index (κ2) is 50.4. The minimum Gasteiger partial charge on any atom is -0.462 e. The molecule has 0 aliphatic heterocycles. The highest BCUT2D eigenvalue weighted by molar-refractivity contribution is 5.70. The molecule has 0 spiro atoms. The van der Waals surface area contributed by atoms with Crippen LogP contribution in [0.25, 0.3) is 0 Å². The first-order valence-electron chi connectivity index (χ1n) is 25.1. The van der Waals surface area contributed by atoms with Gasteiger partial charge in [0.05, 0.1) is 6.61 Å². The Labute approximate surface area is 371 Å². The first kappa shape index (κ1) is 57.1. The van der Waals surface area contributed by atoms with E-state index in [0.717, 1.165) is 103 Å². The predicted octanol–water partition coefficient (Wildman–Crippen LogP) is 16.9. The molecule has 5 nitrogen and oxygen atoms in total. The first-order valence-corrected chi connectivity index (χ1v) is 25.1. The molecule has 1 unspecified atom stereocenters. The van der Waals surface area contributed by atoms with Crippen LogP contribution < -0.4 is 0 Å². The van der Waals surface area contributed by atoms with Gasteiger partial charge in [-0.05, 0) is 109 Å². The summed E-state index contributed by atoms with van der Waals surface area (Å²) in [5.41, 5.74) is 0. The molecule has 0 amide bonds. The highest BCUT2D eigenvalue weighted by Gasteiger charge is 2.17. The molecule has 0 heterocycles. The van der Waals surface area contributed by atoms with E-state index in [4.69, 9.17) is 14.2 Å². The fourth-order valence-corrected chi connectivity index (χ4v) is 6.65. The van der Waals surface area contributed by atoms with Gasteiger partial charge in [0.25, 0.3) is 0 Å². The van der Waals surface area contributed by atoms with Gasteiger partial charge in [-0.15, -0.1) is 0 Å². The molecule has 0 saturated heterocycles. The average molecular weight is 835 g/mol. The maximum Gasteiger partial charge on any atom is 0.306 e. The van der Waals surface area contributed by atoms with Crippen LogP contribution in [0.15, 0.2) is 85.1 Å². The molecule has 60 heavy (non-hydrogen) atoms. The van der Waals surface area contributed by atoms with Gasteiger partial charge in [0, 0.05) is 19.4 Å². The number of carbonyl (C=O) groups excluding carboxylic acids is 2. The minimum atomic E-state index is -0.561. The number of esters is 2. The summed E-state index contributed by atoms with van der Waals surface area (Å²) in [6.07, 6.45) is 65.9. The molecule has 0 saturated carbocycles. The Hall–Kier alpha value is -2.92. The van der Waals surface area contributed by atoms with Crippen molar-refractivity contribution >= 4 is 11.9 Å². The van der Waals surface area contributed by atoms with Crippen molar-refractivity contribution in [1.29, 1.82) is 0 Å². The van der Waals surface area contributed by atoms with Gasteiger partial charge in [-0.3, -0.25) is 9.59 Å². The zero-order valence-electron chi connectivity index (χ0n) is 39.5. The summed E-state index contributed by atoms with van der Waals surface area (Å²) >= 11 is 0. The number of carbonyl (C=O) groups is 2. The molecule has 0 bridgehead atoms. The van der Waals surface area contributed by atoms with Crippen LogP contribution in [0.5, 0.6) is 0 Å². The van der Waals surface area contributed by atoms with E-state index in [1.807, 2.05) is 0 Å². The van der Waals surface area contributed by atoms with Crippen molar-refractivity contribution in [2.45, 2.75) is 232 Å². The van der Waals surface area contributed by atoms with Gasteiger partial charge in [0.1, 0.15) is 6.61 Å². The number of hydrogen-bond acceptors (Lipinski definition) is 5. The van der Waals surface area contributed by atoms with Crippen molar-refractivity contribution in [3.63, 3.8) is 0 Å². The molecule has 0 aromatic heterocycles. The maximum atomic E-state index is 12.8. The minimum absolute atomic E-state index is 0.0585. The molecule has 0 aliphatic rings. The predicted molar refractivity (Wildman–Crippen MR) is 260 cm³/mol. The molecular formula is C55H94O5. The Morgan fingerprint density at radius 3 is 1.28 bits per heavy atom. The smallest absolute Gasteiger partial charge is 0.306 e. The van der Waals surface area contributed by atoms with Crippen molar-refractivity contribution in [3.05, 3.63) is 85.1 Å². The molecule has 0 fully saturated rings. The van der Waals surface area contributed by atoms with Crippen LogP contribution in [-0.2, 0) is 23.8 Å². The topological polar surface area (TPSA) is 61.8 Å². The number of rotatable bonds is 45. The largest absolute Gasteiger partial charge is 0.462 e. The van der Waals surface area contributed by atoms with Gasteiger partial charge in [-0.25, -0.2) is 0 Å². The lowest BCUT2D eigenvalue weighted by Crippen LogP contribution is -2.30. The third-order valence-electron chi connectivity index (χ3n) is 10.4. The van der Waals surface area contributed by atoms with E-state index in [9.17, 15) is 9.59 Å². The third-order valence-corrected chi connectivity index (χ3v) is 10.4. The highest BCUT2D eigenvalue weighted by Crippen LogP contribution is 2.13. The van der Waals surface area contributed by atoms with Crippen molar-refractivity contribution in [1.82, 2.24) is 0 Å². The Bertz CT molecular complexity index is 1130. The Balaban J connectivity index is 4.32. The second-order valence-electron chi connectivity index (χ2n) is 16.3. The molecule has 344 valence electrons. The van der Waals surface area contributed by atoms with E-state index in [0.29, 0.717) is 19.4 Å². The SMILES string of the molecule is CC/C=C\C/C=C\C/C=C\CCCCCC(=O)OCC(COCCCCCCCCCC/C=C\C/C=C\CCCCC)OC(=O)CCCCCCC/C=C\C/C=C\CCC. The molecular weight excluding hydrogens is 741 g/mol. The van der Waals surface area contributed by atoms with Crippen LogP contribution >= 0.6 is 0 Å². The lowest BCUT2D eigenvalue weighted by atomic mass is 10.1. The highest BCUT2D eigenvalue weighted by atomic mass is 16.6. The van der Waals surface area contributed by atoms with Crippen LogP contribution in [0.4, 0.5) is 0 Å². The van der Waals surface area contributed by atoms with Gasteiger partial charge in [0.2, 0.25) is 0 Å². The molecule has 0 aliphatic carbocycles. The van der Waals surface area contributed by atoms with Gasteiger partial charge in [-0.2, -0.15) is 0 Å². The van der Waals surface area contributed by atoms with Gasteiger partial charge in [-0.1, -0.05) is 189 Å². The van der Waals surface area contributed by atoms with Gasteiger partial charge in [0.15, 0.2) is 6.10 Å². The summed E-state index contributed by atoms with van der Waals surface area (Å²) < 4.78 is 17.3. The zero-order chi connectivity index (χ0) is 43.5. The summed E-state index contributed by atoms with van der Waals surface area (Å²) in [6, 6.07) is 0. The van der Waals surface area contributed by atoms with E-state index in [2.05, 4.69) is 106 Å². The molecule has 0 N–H and O–H groups in total. The molecule has 0 rings (SSSR count). The van der Waals surface area contributed by atoms with Crippen LogP contribution in [-0.4, -0.2) is 37.9 Å². The molecule has 0 aromatic carbocycles. The Kier molecular flexibility index (Phi) is 48.0. The number of allylic oxidation sites excluding steroid dienone is 14. The van der Waals surface area contributed by atoms with Crippen LogP contribution in [0.1, 0.15) is 226 Å². The summed E-state index contributed by atoms with van der Waals surface area (Å²) in [7, 11) is 0. The fraction of sp³-hybridized carbons (Fsp3) is 0.709. The quantitative estimate of drug-likeness (QED) is 0.0347. The number of unbranched alkanes of at least 4 members (excludes halogenated alkanes) is 20. The molecule has 5 heteroatoms. The van der Waals surface area contributed by atoms with Gasteiger partial charge >= 0.3 is 11.9 Å². The van der Waals surface area contributed by atoms with Crippen molar-refractivity contribution < 1.29 is 23.8 Å². The lowest BCUT2D eigenvalue weighted by molar-refractivity contribution is -0.163. The van der Waals surface area contributed by atoms with E-state index in [-0.39, 0.29) is 25.2 Å². The monoisotopic (exact) mass is 835 g/mol. The molecule has 0 aromatic rings. The molecule has 1 atom stereocenters. The maximum absolute atomic E-state index is 12.8. The van der Waals surface area contributed by atoms with E-state index < -0.39 is 6.10 Å². The lowest BCUT2D eigenvalue weighted by Gasteiger charge is -2.18. The summed E-state index contributed by atoms with van der Waals surface area (Å²) in [5, 5.41) is 0. The first-order chi connectivity index (χ1) is 29.6. The normalized spacial score (nSPS) is 12.9. The van der Waals surface area contributed by atoms with E-state index in [1.165, 1.54) is 89.9 Å². The zero-order valence-corrected chi connectivity index (χ0v) is 39.5. The standard InChI is InChI=1S/C55H94O5/c1-4-7-10-13-16-19-22-25-26-27-28-29-32-35-38-41-44-47-50-58-51-53(60-55(57)49-46-43-40-37-34-31-24-21-18-15-12-9-6-3)52-59-54(56)48-45-42-39-36-33-30-23-20-17-14-11-8-5-2/h8,11-12,15-17,19-21,24-26,30,33,53H,4-7,9-10,13-14,18,22-23,27-29,31-32,34-52H2,1-3H3/b11-8-,15-12-,19-16-,20-17-,24-21-,26-25-,33-30-. The second-order valence-corrected chi connectivity index (χ2v) is 16.3. The van der Waals surface area contributed by atoms with E-state index >= 15 is 0 Å². The van der Waals surface area contributed by atoms with Crippen LogP contribution in [0.3, 0.4) is 0 Å². The number of ether oxygens (including phenoxy) is 3. The van der Waals surface area contributed by atoms with Crippen molar-refractivity contribution in [2.24, 2.45) is 0 Å². The summed E-state index contributed by atoms with van der Waals surface area (Å²) in [5.74, 6) is -0.453. The van der Waals surface area contributed by atoms with Crippen LogP contribution in [0.2, 0.25) is 0 Å². The van der Waals surface area contributed by atoms with E-state index in [1.54, 1.807) is 0 Å². The van der Waals surface area contributed by atoms with Gasteiger partial charge < -0.3 is 14.2 Å². The molecule has 0 radical (unpaired) electrons. The Morgan fingerprint density at radius 1 is 0.383 bits per heavy atom. The van der Waals surface area contributed by atoms with Crippen molar-refractivity contribution in [3.8, 4) is 0 Å². The fourth-order valence-electron chi connectivity index (χ4n) is 6.65. The average Bonchev–Trinajstić information content (AvgIpc) is 3.25.